The van der Waals surface area contributed by atoms with Crippen molar-refractivity contribution in [3.63, 3.8) is 0 Å². The summed E-state index contributed by atoms with van der Waals surface area (Å²) in [7, 11) is 0. The van der Waals surface area contributed by atoms with Crippen molar-refractivity contribution in [2.24, 2.45) is 4.99 Å². The molecule has 0 aliphatic heterocycles. The quantitative estimate of drug-likeness (QED) is 0.301. The number of carbonyl (C=O) groups excluding carboxylic acids is 1. The number of nitrogens with zero attached hydrogens (tertiary/aromatic N) is 1. The highest BCUT2D eigenvalue weighted by atomic mass is 127. The summed E-state index contributed by atoms with van der Waals surface area (Å²) in [6.45, 7) is 10.3. The SMILES string of the molecule is CCNC(=NCc1ccccc1CC)NCCC(=O)NC(C)CC.I. The number of halogens is 1. The second kappa shape index (κ2) is 13.9. The monoisotopic (exact) mass is 460 g/mol. The van der Waals surface area contributed by atoms with Gasteiger partial charge in [-0.2, -0.15) is 0 Å². The van der Waals surface area contributed by atoms with Gasteiger partial charge in [0.15, 0.2) is 5.96 Å². The van der Waals surface area contributed by atoms with Gasteiger partial charge in [-0.05, 0) is 37.8 Å². The molecule has 0 saturated carbocycles. The summed E-state index contributed by atoms with van der Waals surface area (Å²) in [5, 5.41) is 9.42. The number of aliphatic imine (C=N–C) groups is 1. The first-order valence-corrected chi connectivity index (χ1v) is 8.98. The Morgan fingerprint density at radius 3 is 2.40 bits per heavy atom. The Kier molecular flexibility index (Phi) is 13.2. The van der Waals surface area contributed by atoms with Crippen molar-refractivity contribution in [1.82, 2.24) is 16.0 Å². The van der Waals surface area contributed by atoms with E-state index in [2.05, 4.69) is 53.0 Å². The molecule has 0 aromatic heterocycles. The maximum atomic E-state index is 11.8. The van der Waals surface area contributed by atoms with Gasteiger partial charge in [0.05, 0.1) is 6.54 Å². The van der Waals surface area contributed by atoms with Crippen LogP contribution in [0.2, 0.25) is 0 Å². The molecule has 1 atom stereocenters. The maximum absolute atomic E-state index is 11.8. The minimum Gasteiger partial charge on any atom is -0.357 e. The zero-order chi connectivity index (χ0) is 17.8. The largest absolute Gasteiger partial charge is 0.357 e. The van der Waals surface area contributed by atoms with E-state index in [0.29, 0.717) is 19.5 Å². The molecule has 25 heavy (non-hydrogen) atoms. The fraction of sp³-hybridized carbons (Fsp3) is 0.579. The van der Waals surface area contributed by atoms with E-state index in [1.54, 1.807) is 0 Å². The summed E-state index contributed by atoms with van der Waals surface area (Å²) in [5.74, 6) is 0.823. The van der Waals surface area contributed by atoms with Gasteiger partial charge in [0.25, 0.3) is 0 Å². The van der Waals surface area contributed by atoms with E-state index < -0.39 is 0 Å². The van der Waals surface area contributed by atoms with E-state index in [4.69, 9.17) is 0 Å². The van der Waals surface area contributed by atoms with Crippen LogP contribution >= 0.6 is 24.0 Å². The first-order valence-electron chi connectivity index (χ1n) is 8.98. The number of hydrogen-bond acceptors (Lipinski definition) is 2. The Morgan fingerprint density at radius 2 is 1.80 bits per heavy atom. The van der Waals surface area contributed by atoms with Gasteiger partial charge in [0.1, 0.15) is 0 Å². The molecule has 1 aromatic rings. The molecule has 1 aromatic carbocycles. The number of aryl methyl sites for hydroxylation is 1. The molecule has 0 heterocycles. The summed E-state index contributed by atoms with van der Waals surface area (Å²) in [4.78, 5) is 16.4. The van der Waals surface area contributed by atoms with Crippen molar-refractivity contribution in [2.75, 3.05) is 13.1 Å². The second-order valence-corrected chi connectivity index (χ2v) is 5.87. The highest BCUT2D eigenvalue weighted by Gasteiger charge is 2.06. The number of nitrogens with one attached hydrogen (secondary N) is 3. The van der Waals surface area contributed by atoms with Crippen molar-refractivity contribution in [1.29, 1.82) is 0 Å². The Bertz CT molecular complexity index is 534. The van der Waals surface area contributed by atoms with Gasteiger partial charge in [-0.15, -0.1) is 24.0 Å². The van der Waals surface area contributed by atoms with E-state index in [1.165, 1.54) is 11.1 Å². The van der Waals surface area contributed by atoms with Crippen molar-refractivity contribution < 1.29 is 4.79 Å². The zero-order valence-electron chi connectivity index (χ0n) is 15.9. The third-order valence-electron chi connectivity index (χ3n) is 3.92. The molecule has 142 valence electrons. The lowest BCUT2D eigenvalue weighted by atomic mass is 10.1. The lowest BCUT2D eigenvalue weighted by molar-refractivity contribution is -0.121. The van der Waals surface area contributed by atoms with Crippen LogP contribution in [0.1, 0.15) is 51.7 Å². The molecule has 0 aliphatic carbocycles. The second-order valence-electron chi connectivity index (χ2n) is 5.87. The Hall–Kier alpha value is -1.31. The molecule has 0 radical (unpaired) electrons. The molecule has 0 spiro atoms. The van der Waals surface area contributed by atoms with Crippen molar-refractivity contribution in [2.45, 2.75) is 59.5 Å². The highest BCUT2D eigenvalue weighted by Crippen LogP contribution is 2.10. The molecular weight excluding hydrogens is 427 g/mol. The van der Waals surface area contributed by atoms with E-state index in [9.17, 15) is 4.79 Å². The highest BCUT2D eigenvalue weighted by molar-refractivity contribution is 14.0. The van der Waals surface area contributed by atoms with E-state index >= 15 is 0 Å². The van der Waals surface area contributed by atoms with Crippen LogP contribution in [0.25, 0.3) is 0 Å². The minimum absolute atomic E-state index is 0. The van der Waals surface area contributed by atoms with Crippen LogP contribution < -0.4 is 16.0 Å². The first kappa shape index (κ1) is 23.7. The average molecular weight is 460 g/mol. The fourth-order valence-electron chi connectivity index (χ4n) is 2.31. The lowest BCUT2D eigenvalue weighted by Gasteiger charge is -2.14. The van der Waals surface area contributed by atoms with Crippen LogP contribution in [0, 0.1) is 0 Å². The van der Waals surface area contributed by atoms with Crippen LogP contribution in [-0.2, 0) is 17.8 Å². The number of guanidine groups is 1. The number of hydrogen-bond donors (Lipinski definition) is 3. The summed E-state index contributed by atoms with van der Waals surface area (Å²) in [5.41, 5.74) is 2.57. The lowest BCUT2D eigenvalue weighted by Crippen LogP contribution is -2.40. The van der Waals surface area contributed by atoms with Crippen LogP contribution in [0.3, 0.4) is 0 Å². The van der Waals surface area contributed by atoms with E-state index in [-0.39, 0.29) is 35.9 Å². The molecule has 1 unspecified atom stereocenters. The van der Waals surface area contributed by atoms with Crippen molar-refractivity contribution >= 4 is 35.8 Å². The third-order valence-corrected chi connectivity index (χ3v) is 3.92. The van der Waals surface area contributed by atoms with Gasteiger partial charge in [-0.25, -0.2) is 4.99 Å². The maximum Gasteiger partial charge on any atom is 0.221 e. The number of carbonyl (C=O) groups is 1. The summed E-state index contributed by atoms with van der Waals surface area (Å²) >= 11 is 0. The zero-order valence-corrected chi connectivity index (χ0v) is 18.2. The molecule has 0 saturated heterocycles. The van der Waals surface area contributed by atoms with Crippen LogP contribution in [0.15, 0.2) is 29.3 Å². The predicted molar refractivity (Wildman–Crippen MR) is 117 cm³/mol. The molecule has 0 aliphatic rings. The molecule has 3 N–H and O–H groups in total. The number of rotatable bonds is 9. The average Bonchev–Trinajstić information content (AvgIpc) is 2.59. The van der Waals surface area contributed by atoms with Gasteiger partial charge in [0.2, 0.25) is 5.91 Å². The molecule has 0 bridgehead atoms. The van der Waals surface area contributed by atoms with E-state index in [1.807, 2.05) is 19.9 Å². The molecule has 1 rings (SSSR count). The minimum atomic E-state index is 0. The Labute approximate surface area is 169 Å². The van der Waals surface area contributed by atoms with Crippen LogP contribution in [0.5, 0.6) is 0 Å². The summed E-state index contributed by atoms with van der Waals surface area (Å²) in [6, 6.07) is 8.59. The standard InChI is InChI=1S/C19H32N4O.HI/c1-5-15(4)23-18(24)12-13-21-19(20-7-3)22-14-17-11-9-8-10-16(17)6-2;/h8-11,15H,5-7,12-14H2,1-4H3,(H,23,24)(H2,20,21,22);1H. The Morgan fingerprint density at radius 1 is 1.12 bits per heavy atom. The van der Waals surface area contributed by atoms with Gasteiger partial charge in [0, 0.05) is 25.6 Å². The first-order chi connectivity index (χ1) is 11.6. The smallest absolute Gasteiger partial charge is 0.221 e. The van der Waals surface area contributed by atoms with Gasteiger partial charge in [-0.3, -0.25) is 4.79 Å². The van der Waals surface area contributed by atoms with E-state index in [0.717, 1.165) is 25.3 Å². The van der Waals surface area contributed by atoms with Crippen LogP contribution in [-0.4, -0.2) is 31.0 Å². The number of amides is 1. The number of benzene rings is 1. The third kappa shape index (κ3) is 9.67. The van der Waals surface area contributed by atoms with Crippen molar-refractivity contribution in [3.8, 4) is 0 Å². The molecule has 5 nitrogen and oxygen atoms in total. The van der Waals surface area contributed by atoms with Gasteiger partial charge in [-0.1, -0.05) is 38.1 Å². The summed E-state index contributed by atoms with van der Waals surface area (Å²) < 4.78 is 0. The predicted octanol–water partition coefficient (Wildman–Crippen LogP) is 3.23. The topological polar surface area (TPSA) is 65.5 Å². The summed E-state index contributed by atoms with van der Waals surface area (Å²) in [6.07, 6.45) is 2.39. The molecule has 6 heteroatoms. The normalized spacial score (nSPS) is 12.1. The molecule has 0 fully saturated rings. The molecule has 1 amide bonds. The van der Waals surface area contributed by atoms with Gasteiger partial charge < -0.3 is 16.0 Å². The van der Waals surface area contributed by atoms with Gasteiger partial charge >= 0.3 is 0 Å². The van der Waals surface area contributed by atoms with Crippen molar-refractivity contribution in [3.05, 3.63) is 35.4 Å². The molecular formula is C19H33IN4O. The van der Waals surface area contributed by atoms with Crippen LogP contribution in [0.4, 0.5) is 0 Å². The fourth-order valence-corrected chi connectivity index (χ4v) is 2.31. The Balaban J connectivity index is 0.00000576.